The Morgan fingerprint density at radius 1 is 0.643 bits per heavy atom. The first-order chi connectivity index (χ1) is 6.79. The Morgan fingerprint density at radius 2 is 0.929 bits per heavy atom. The number of hydrogen-bond donors (Lipinski definition) is 0. The maximum Gasteiger partial charge on any atom is 0.00795 e. The van der Waals surface area contributed by atoms with Crippen LogP contribution >= 0.6 is 0 Å². The first-order valence-corrected chi connectivity index (χ1v) is 4.90. The van der Waals surface area contributed by atoms with E-state index in [9.17, 15) is 0 Å². The molecule has 10 radical (unpaired) electrons. The van der Waals surface area contributed by atoms with Crippen molar-refractivity contribution in [3.8, 4) is 0 Å². The highest BCUT2D eigenvalue weighted by molar-refractivity contribution is 5.56. The molecular formula is C14H14. The Balaban J connectivity index is 2.03. The lowest BCUT2D eigenvalue weighted by Crippen LogP contribution is -2.02. The maximum absolute atomic E-state index is 2.18. The van der Waals surface area contributed by atoms with Gasteiger partial charge in [-0.15, -0.1) is 0 Å². The van der Waals surface area contributed by atoms with Gasteiger partial charge < -0.3 is 0 Å². The lowest BCUT2D eigenvalue weighted by Gasteiger charge is -2.17. The summed E-state index contributed by atoms with van der Waals surface area (Å²) in [5.41, 5.74) is 2.72. The van der Waals surface area contributed by atoms with Crippen LogP contribution in [-0.2, 0) is 0 Å². The lowest BCUT2D eigenvalue weighted by atomic mass is 9.87. The third-order valence-corrected chi connectivity index (χ3v) is 2.75. The third-order valence-electron chi connectivity index (χ3n) is 2.75. The van der Waals surface area contributed by atoms with E-state index in [-0.39, 0.29) is 0 Å². The minimum Gasteiger partial charge on any atom is -0.0661 e. The van der Waals surface area contributed by atoms with Crippen molar-refractivity contribution in [1.82, 2.24) is 0 Å². The Hall–Kier alpha value is -0.260. The zero-order chi connectivity index (χ0) is 9.97. The first-order valence-electron chi connectivity index (χ1n) is 4.90. The lowest BCUT2D eigenvalue weighted by molar-refractivity contribution is 1.11. The molecule has 70 valence electrons. The molecule has 0 bridgehead atoms. The van der Waals surface area contributed by atoms with Gasteiger partial charge in [0.15, 0.2) is 0 Å². The number of rotatable bonds is 2. The molecule has 0 saturated heterocycles. The summed E-state index contributed by atoms with van der Waals surface area (Å²) in [6, 6.07) is 0. The Bertz CT molecular complexity index is 188. The average molecular weight is 182 g/mol. The molecule has 0 aliphatic heterocycles. The fourth-order valence-electron chi connectivity index (χ4n) is 1.68. The maximum atomic E-state index is 2.18. The van der Waals surface area contributed by atoms with Crippen molar-refractivity contribution in [2.75, 3.05) is 0 Å². The van der Waals surface area contributed by atoms with Crippen LogP contribution in [0.4, 0.5) is 0 Å². The topological polar surface area (TPSA) is 0 Å². The monoisotopic (exact) mass is 182 g/mol. The minimum absolute atomic E-state index is 1.32. The molecule has 0 nitrogen and oxygen atoms in total. The molecule has 2 fully saturated rings. The molecule has 0 aromatic rings. The van der Waals surface area contributed by atoms with Crippen LogP contribution in [0.1, 0.15) is 13.8 Å². The molecule has 0 amide bonds. The van der Waals surface area contributed by atoms with E-state index in [4.69, 9.17) is 0 Å². The van der Waals surface area contributed by atoms with Crippen molar-refractivity contribution >= 4 is 0 Å². The summed E-state index contributed by atoms with van der Waals surface area (Å²) in [7, 11) is 0. The van der Waals surface area contributed by atoms with Gasteiger partial charge in [0.2, 0.25) is 0 Å². The van der Waals surface area contributed by atoms with Gasteiger partial charge in [0.1, 0.15) is 0 Å². The number of allylic oxidation sites excluding steroid dienone is 2. The van der Waals surface area contributed by atoms with Crippen molar-refractivity contribution in [3.63, 3.8) is 0 Å². The molecule has 0 N–H and O–H groups in total. The molecule has 0 aromatic carbocycles. The summed E-state index contributed by atoms with van der Waals surface area (Å²) in [6.45, 7) is 4.36. The van der Waals surface area contributed by atoms with E-state index in [1.165, 1.54) is 23.0 Å². The summed E-state index contributed by atoms with van der Waals surface area (Å²) in [5.74, 6) is 2.65. The van der Waals surface area contributed by atoms with E-state index in [1.54, 1.807) is 0 Å². The van der Waals surface area contributed by atoms with Crippen LogP contribution < -0.4 is 0 Å². The smallest absolute Gasteiger partial charge is 0.00795 e. The van der Waals surface area contributed by atoms with Crippen LogP contribution in [0, 0.1) is 63.2 Å². The second-order valence-electron chi connectivity index (χ2n) is 3.60. The SMILES string of the molecule is C/C([C]1[CH][CH][CH][CH]1)=C(\C)[C]1[CH][CH][CH][CH]1. The quantitative estimate of drug-likeness (QED) is 0.615. The van der Waals surface area contributed by atoms with E-state index in [2.05, 4.69) is 65.2 Å². The molecule has 2 aliphatic carbocycles. The van der Waals surface area contributed by atoms with Crippen molar-refractivity contribution in [2.24, 2.45) is 0 Å². The van der Waals surface area contributed by atoms with Crippen LogP contribution in [-0.4, -0.2) is 0 Å². The normalized spacial score (nSPS) is 27.0. The molecule has 2 rings (SSSR count). The Morgan fingerprint density at radius 3 is 1.21 bits per heavy atom. The van der Waals surface area contributed by atoms with Crippen LogP contribution in [0.3, 0.4) is 0 Å². The van der Waals surface area contributed by atoms with Crippen molar-refractivity contribution in [3.05, 3.63) is 74.3 Å². The van der Waals surface area contributed by atoms with E-state index in [0.717, 1.165) is 0 Å². The largest absolute Gasteiger partial charge is 0.0661 e. The fourth-order valence-corrected chi connectivity index (χ4v) is 1.68. The van der Waals surface area contributed by atoms with Gasteiger partial charge in [-0.1, -0.05) is 11.1 Å². The van der Waals surface area contributed by atoms with Gasteiger partial charge in [-0.2, -0.15) is 0 Å². The van der Waals surface area contributed by atoms with Crippen LogP contribution in [0.15, 0.2) is 11.1 Å². The molecule has 0 unspecified atom stereocenters. The van der Waals surface area contributed by atoms with Crippen molar-refractivity contribution in [1.29, 1.82) is 0 Å². The summed E-state index contributed by atoms with van der Waals surface area (Å²) in [6.07, 6.45) is 16.9. The summed E-state index contributed by atoms with van der Waals surface area (Å²) in [5, 5.41) is 0. The summed E-state index contributed by atoms with van der Waals surface area (Å²) < 4.78 is 0. The molecule has 0 heteroatoms. The highest BCUT2D eigenvalue weighted by Gasteiger charge is 2.24. The predicted octanol–water partition coefficient (Wildman–Crippen LogP) is 3.13. The third kappa shape index (κ3) is 2.04. The van der Waals surface area contributed by atoms with E-state index >= 15 is 0 Å². The van der Waals surface area contributed by atoms with Crippen molar-refractivity contribution in [2.45, 2.75) is 13.8 Å². The van der Waals surface area contributed by atoms with E-state index in [0.29, 0.717) is 0 Å². The molecule has 2 aliphatic rings. The molecule has 2 saturated carbocycles. The van der Waals surface area contributed by atoms with E-state index < -0.39 is 0 Å². The van der Waals surface area contributed by atoms with Gasteiger partial charge in [-0.25, -0.2) is 0 Å². The Kier molecular flexibility index (Phi) is 3.30. The summed E-state index contributed by atoms with van der Waals surface area (Å²) >= 11 is 0. The first kappa shape index (κ1) is 10.3. The van der Waals surface area contributed by atoms with Gasteiger partial charge in [-0.3, -0.25) is 0 Å². The van der Waals surface area contributed by atoms with Gasteiger partial charge >= 0.3 is 0 Å². The van der Waals surface area contributed by atoms with Crippen LogP contribution in [0.25, 0.3) is 0 Å². The standard InChI is InChI=1S/C14H14/c1-11(13-7-3-4-8-13)12(2)14-9-5-6-10-14/h3-10H,1-2H3/b12-11-. The van der Waals surface area contributed by atoms with Crippen LogP contribution in [0.5, 0.6) is 0 Å². The second kappa shape index (κ2) is 4.51. The second-order valence-corrected chi connectivity index (χ2v) is 3.60. The molecule has 0 spiro atoms. The molecule has 0 aromatic heterocycles. The molecule has 0 heterocycles. The number of hydrogen-bond acceptors (Lipinski definition) is 0. The Labute approximate surface area is 88.8 Å². The fraction of sp³-hybridized carbons (Fsp3) is 0.143. The molecular weight excluding hydrogens is 168 g/mol. The summed E-state index contributed by atoms with van der Waals surface area (Å²) in [4.78, 5) is 0. The zero-order valence-electron chi connectivity index (χ0n) is 8.62. The highest BCUT2D eigenvalue weighted by atomic mass is 14.3. The molecule has 14 heavy (non-hydrogen) atoms. The zero-order valence-corrected chi connectivity index (χ0v) is 8.62. The van der Waals surface area contributed by atoms with Gasteiger partial charge in [0.05, 0.1) is 0 Å². The van der Waals surface area contributed by atoms with Gasteiger partial charge in [0.25, 0.3) is 0 Å². The minimum atomic E-state index is 1.32. The van der Waals surface area contributed by atoms with Crippen LogP contribution in [0.2, 0.25) is 0 Å². The van der Waals surface area contributed by atoms with Gasteiger partial charge in [-0.05, 0) is 65.2 Å². The average Bonchev–Trinajstić information content (AvgIpc) is 2.87. The highest BCUT2D eigenvalue weighted by Crippen LogP contribution is 2.37. The predicted molar refractivity (Wildman–Crippen MR) is 59.3 cm³/mol. The van der Waals surface area contributed by atoms with E-state index in [1.807, 2.05) is 0 Å². The van der Waals surface area contributed by atoms with Crippen molar-refractivity contribution < 1.29 is 0 Å². The van der Waals surface area contributed by atoms with Gasteiger partial charge in [0, 0.05) is 11.8 Å². The molecule has 0 atom stereocenters.